The minimum atomic E-state index is -0.712. The number of nitrogens with zero attached hydrogens (tertiary/aromatic N) is 5. The summed E-state index contributed by atoms with van der Waals surface area (Å²) in [5.41, 5.74) is 2.27. The third-order valence-corrected chi connectivity index (χ3v) is 4.18. The minimum Gasteiger partial charge on any atom is -0.439 e. The number of nitrogens with one attached hydrogen (secondary N) is 1. The Morgan fingerprint density at radius 3 is 2.55 bits per heavy atom. The average Bonchev–Trinajstić information content (AvgIpc) is 3.36. The van der Waals surface area contributed by atoms with Crippen molar-refractivity contribution < 1.29 is 18.9 Å². The smallest absolute Gasteiger partial charge is 0.433 e. The molecule has 4 rings (SSSR count). The molecule has 3 aromatic heterocycles. The van der Waals surface area contributed by atoms with Crippen LogP contribution in [0.5, 0.6) is 11.6 Å². The molecule has 4 aromatic rings. The minimum absolute atomic E-state index is 0.162. The number of aryl methyl sites for hydroxylation is 2. The molecule has 31 heavy (non-hydrogen) atoms. The van der Waals surface area contributed by atoms with Crippen molar-refractivity contribution in [3.8, 4) is 17.4 Å². The van der Waals surface area contributed by atoms with Crippen LogP contribution >= 0.6 is 0 Å². The second kappa shape index (κ2) is 8.06. The molecule has 3 heterocycles. The van der Waals surface area contributed by atoms with Gasteiger partial charge in [-0.05, 0) is 50.2 Å². The topological polar surface area (TPSA) is 138 Å². The summed E-state index contributed by atoms with van der Waals surface area (Å²) in [5, 5.41) is 17.6. The first kappa shape index (κ1) is 19.8. The van der Waals surface area contributed by atoms with E-state index in [4.69, 9.17) is 9.15 Å². The molecular formula is C20H16N6O5. The van der Waals surface area contributed by atoms with Crippen LogP contribution in [0.2, 0.25) is 0 Å². The van der Waals surface area contributed by atoms with Crippen molar-refractivity contribution >= 4 is 17.5 Å². The summed E-state index contributed by atoms with van der Waals surface area (Å²) in [6.45, 7) is 3.83. The second-order valence-electron chi connectivity index (χ2n) is 6.53. The predicted octanol–water partition coefficient (Wildman–Crippen LogP) is 3.82. The molecule has 0 atom stereocenters. The molecule has 0 unspecified atom stereocenters. The van der Waals surface area contributed by atoms with Gasteiger partial charge in [-0.25, -0.2) is 14.6 Å². The number of hydrogen-bond acceptors (Lipinski definition) is 8. The van der Waals surface area contributed by atoms with E-state index in [1.807, 2.05) is 19.9 Å². The third kappa shape index (κ3) is 4.40. The largest absolute Gasteiger partial charge is 0.439 e. The maximum atomic E-state index is 12.1. The Kier molecular flexibility index (Phi) is 5.14. The van der Waals surface area contributed by atoms with Crippen molar-refractivity contribution in [2.45, 2.75) is 13.8 Å². The molecule has 1 amide bonds. The van der Waals surface area contributed by atoms with E-state index in [0.29, 0.717) is 23.1 Å². The molecule has 0 spiro atoms. The van der Waals surface area contributed by atoms with Gasteiger partial charge in [-0.15, -0.1) is 0 Å². The normalized spacial score (nSPS) is 10.6. The molecule has 11 heteroatoms. The molecule has 156 valence electrons. The van der Waals surface area contributed by atoms with Crippen molar-refractivity contribution in [2.24, 2.45) is 0 Å². The summed E-state index contributed by atoms with van der Waals surface area (Å²) >= 11 is 0. The van der Waals surface area contributed by atoms with Crippen LogP contribution in [0.15, 0.2) is 59.3 Å². The average molecular weight is 420 g/mol. The van der Waals surface area contributed by atoms with Crippen LogP contribution in [0, 0.1) is 24.0 Å². The molecule has 1 aromatic carbocycles. The fourth-order valence-corrected chi connectivity index (χ4v) is 2.83. The van der Waals surface area contributed by atoms with Crippen molar-refractivity contribution in [1.29, 1.82) is 0 Å². The van der Waals surface area contributed by atoms with Gasteiger partial charge >= 0.3 is 5.88 Å². The number of carbonyl (C=O) groups excluding carboxylic acids is 1. The number of ether oxygens (including phenoxy) is 1. The zero-order valence-corrected chi connectivity index (χ0v) is 16.5. The SMILES string of the molecule is Cc1cc(C)n(-c2cc(Oc3ccc(NC(=O)c4ccc([N+](=O)[O-])o4)cc3)ncn2)n1. The quantitative estimate of drug-likeness (QED) is 0.367. The molecule has 0 aliphatic carbocycles. The molecule has 0 saturated carbocycles. The first-order valence-electron chi connectivity index (χ1n) is 9.08. The Labute approximate surface area is 175 Å². The van der Waals surface area contributed by atoms with E-state index in [1.54, 1.807) is 35.0 Å². The zero-order chi connectivity index (χ0) is 22.0. The number of carbonyl (C=O) groups is 1. The van der Waals surface area contributed by atoms with Gasteiger partial charge in [-0.3, -0.25) is 14.9 Å². The van der Waals surface area contributed by atoms with E-state index >= 15 is 0 Å². The Morgan fingerprint density at radius 2 is 1.90 bits per heavy atom. The van der Waals surface area contributed by atoms with E-state index in [-0.39, 0.29) is 5.76 Å². The van der Waals surface area contributed by atoms with Gasteiger partial charge in [0.1, 0.15) is 17.0 Å². The summed E-state index contributed by atoms with van der Waals surface area (Å²) in [6, 6.07) is 12.5. The highest BCUT2D eigenvalue weighted by Gasteiger charge is 2.17. The van der Waals surface area contributed by atoms with Crippen LogP contribution in [0.25, 0.3) is 5.82 Å². The Bertz CT molecular complexity index is 1260. The molecule has 0 aliphatic heterocycles. The molecule has 11 nitrogen and oxygen atoms in total. The van der Waals surface area contributed by atoms with Gasteiger partial charge in [0, 0.05) is 17.4 Å². The van der Waals surface area contributed by atoms with Gasteiger partial charge in [-0.2, -0.15) is 5.10 Å². The fourth-order valence-electron chi connectivity index (χ4n) is 2.83. The summed E-state index contributed by atoms with van der Waals surface area (Å²) in [5.74, 6) is 0.129. The highest BCUT2D eigenvalue weighted by molar-refractivity contribution is 6.02. The van der Waals surface area contributed by atoms with Crippen molar-refractivity contribution in [3.63, 3.8) is 0 Å². The molecule has 0 bridgehead atoms. The molecule has 0 radical (unpaired) electrons. The van der Waals surface area contributed by atoms with Crippen LogP contribution < -0.4 is 10.1 Å². The van der Waals surface area contributed by atoms with Crippen LogP contribution in [0.4, 0.5) is 11.6 Å². The summed E-state index contributed by atoms with van der Waals surface area (Å²) in [4.78, 5) is 30.4. The number of anilines is 1. The second-order valence-corrected chi connectivity index (χ2v) is 6.53. The lowest BCUT2D eigenvalue weighted by molar-refractivity contribution is -0.402. The third-order valence-electron chi connectivity index (χ3n) is 4.18. The zero-order valence-electron chi connectivity index (χ0n) is 16.5. The molecule has 0 saturated heterocycles. The van der Waals surface area contributed by atoms with Gasteiger partial charge < -0.3 is 14.5 Å². The first-order chi connectivity index (χ1) is 14.9. The highest BCUT2D eigenvalue weighted by atomic mass is 16.6. The number of furan rings is 1. The summed E-state index contributed by atoms with van der Waals surface area (Å²) < 4.78 is 12.3. The molecule has 1 N–H and O–H groups in total. The van der Waals surface area contributed by atoms with Crippen LogP contribution in [-0.4, -0.2) is 30.6 Å². The van der Waals surface area contributed by atoms with Gasteiger partial charge in [0.15, 0.2) is 11.6 Å². The van der Waals surface area contributed by atoms with Gasteiger partial charge in [0.2, 0.25) is 5.88 Å². The van der Waals surface area contributed by atoms with Crippen molar-refractivity contribution in [2.75, 3.05) is 5.32 Å². The molecule has 0 fully saturated rings. The van der Waals surface area contributed by atoms with Crippen LogP contribution in [-0.2, 0) is 0 Å². The van der Waals surface area contributed by atoms with E-state index in [0.717, 1.165) is 17.5 Å². The standard InChI is InChI=1S/C20H16N6O5/c1-12-9-13(2)25(24-12)17-10-18(22-11-21-17)30-15-5-3-14(4-6-15)23-20(27)16-7-8-19(31-16)26(28)29/h3-11H,1-2H3,(H,23,27). The first-order valence-corrected chi connectivity index (χ1v) is 9.08. The van der Waals surface area contributed by atoms with E-state index < -0.39 is 16.7 Å². The van der Waals surface area contributed by atoms with Crippen LogP contribution in [0.1, 0.15) is 21.9 Å². The summed E-state index contributed by atoms with van der Waals surface area (Å²) in [7, 11) is 0. The number of amides is 1. The monoisotopic (exact) mass is 420 g/mol. The van der Waals surface area contributed by atoms with Gasteiger partial charge in [-0.1, -0.05) is 0 Å². The van der Waals surface area contributed by atoms with E-state index in [2.05, 4.69) is 20.4 Å². The van der Waals surface area contributed by atoms with Crippen LogP contribution in [0.3, 0.4) is 0 Å². The van der Waals surface area contributed by atoms with E-state index in [1.165, 1.54) is 12.4 Å². The molecular weight excluding hydrogens is 404 g/mol. The Morgan fingerprint density at radius 1 is 1.13 bits per heavy atom. The lowest BCUT2D eigenvalue weighted by Gasteiger charge is -2.08. The maximum absolute atomic E-state index is 12.1. The number of aromatic nitrogens is 4. The predicted molar refractivity (Wildman–Crippen MR) is 108 cm³/mol. The number of nitro groups is 1. The van der Waals surface area contributed by atoms with Gasteiger partial charge in [0.25, 0.3) is 5.91 Å². The number of benzene rings is 1. The van der Waals surface area contributed by atoms with Crippen molar-refractivity contribution in [1.82, 2.24) is 19.7 Å². The lowest BCUT2D eigenvalue weighted by atomic mass is 10.3. The van der Waals surface area contributed by atoms with Crippen molar-refractivity contribution in [3.05, 3.63) is 82.1 Å². The van der Waals surface area contributed by atoms with E-state index in [9.17, 15) is 14.9 Å². The Balaban J connectivity index is 1.44. The number of hydrogen-bond donors (Lipinski definition) is 1. The molecule has 0 aliphatic rings. The fraction of sp³-hybridized carbons (Fsp3) is 0.100. The lowest BCUT2D eigenvalue weighted by Crippen LogP contribution is -2.10. The Hall–Kier alpha value is -4.54. The van der Waals surface area contributed by atoms with Gasteiger partial charge in [0.05, 0.1) is 11.8 Å². The summed E-state index contributed by atoms with van der Waals surface area (Å²) in [6.07, 6.45) is 1.39. The highest BCUT2D eigenvalue weighted by Crippen LogP contribution is 2.23. The maximum Gasteiger partial charge on any atom is 0.433 e. The number of rotatable bonds is 6.